The van der Waals surface area contributed by atoms with Crippen molar-refractivity contribution in [3.8, 4) is 17.0 Å². The second kappa shape index (κ2) is 17.4. The highest BCUT2D eigenvalue weighted by Gasteiger charge is 2.47. The molecule has 1 amide bonds. The number of benzene rings is 1. The van der Waals surface area contributed by atoms with Crippen LogP contribution in [0.25, 0.3) is 11.3 Å². The summed E-state index contributed by atoms with van der Waals surface area (Å²) in [5.41, 5.74) is -2.33. The topological polar surface area (TPSA) is 183 Å². The molecule has 52 heavy (non-hydrogen) atoms. The molecule has 4 N–H and O–H groups in total. The lowest BCUT2D eigenvalue weighted by molar-refractivity contribution is -0.211. The van der Waals surface area contributed by atoms with Gasteiger partial charge in [-0.2, -0.15) is 46.1 Å². The van der Waals surface area contributed by atoms with Gasteiger partial charge in [-0.15, -0.1) is 0 Å². The molecule has 23 heteroatoms. The first-order chi connectivity index (χ1) is 23.7. The molecule has 0 spiro atoms. The predicted octanol–water partition coefficient (Wildman–Crippen LogP) is 4.61. The maximum atomic E-state index is 13.5. The van der Waals surface area contributed by atoms with Crippen molar-refractivity contribution in [2.75, 3.05) is 25.9 Å². The zero-order chi connectivity index (χ0) is 40.0. The van der Waals surface area contributed by atoms with Crippen LogP contribution in [0.4, 0.5) is 35.1 Å². The lowest BCUT2D eigenvalue weighted by Gasteiger charge is -2.38. The fourth-order valence-electron chi connectivity index (χ4n) is 5.08. The summed E-state index contributed by atoms with van der Waals surface area (Å²) in [6.07, 6.45) is -8.47. The lowest BCUT2D eigenvalue weighted by atomic mass is 9.84. The van der Waals surface area contributed by atoms with Gasteiger partial charge in [-0.05, 0) is 43.9 Å². The summed E-state index contributed by atoms with van der Waals surface area (Å²) < 4.78 is 129. The summed E-state index contributed by atoms with van der Waals surface area (Å²) in [6.45, 7) is 0.0915. The zero-order valence-corrected chi connectivity index (χ0v) is 29.5. The van der Waals surface area contributed by atoms with Crippen LogP contribution in [0, 0.1) is 5.41 Å². The summed E-state index contributed by atoms with van der Waals surface area (Å²) in [5.74, 6) is 0.194. The van der Waals surface area contributed by atoms with Gasteiger partial charge in [0.15, 0.2) is 15.5 Å². The number of amides is 1. The zero-order valence-electron chi connectivity index (χ0n) is 27.9. The molecule has 2 aromatic rings. The second-order valence-electron chi connectivity index (χ2n) is 12.2. The summed E-state index contributed by atoms with van der Waals surface area (Å²) in [7, 11) is -3.42. The van der Waals surface area contributed by atoms with Gasteiger partial charge in [-0.3, -0.25) is 14.4 Å². The van der Waals surface area contributed by atoms with Crippen LogP contribution in [-0.2, 0) is 37.2 Å². The molecule has 1 aliphatic heterocycles. The van der Waals surface area contributed by atoms with Gasteiger partial charge in [0.2, 0.25) is 0 Å². The molecule has 0 saturated carbocycles. The standard InChI is InChI=1S/C27H35ClF5N5O6S.C2HF3O2/c1-5-38-23(18-9-6-15(10-19(18)43-25(29)30)11-26(2,3)27(31,32)33)21(28)22(36-38)24(40)35-12-16-7-8-17(45(4,41)42)13-37(16)14-20(39)44-34;3-2(4,5)1(6)7/h6,9-10,16-17,25H,5,7-8,11-14,34H2,1-4H3,(H,35,40);(H,6,7)/t16-,17+;/m1./s1. The number of carboxylic acid groups (broad SMARTS) is 1. The monoisotopic (exact) mass is 801 g/mol. The first-order valence-corrected chi connectivity index (χ1v) is 17.4. The number of rotatable bonds is 12. The molecule has 1 saturated heterocycles. The van der Waals surface area contributed by atoms with Crippen molar-refractivity contribution in [1.29, 1.82) is 0 Å². The van der Waals surface area contributed by atoms with Gasteiger partial charge in [0.1, 0.15) is 5.75 Å². The molecular formula is C29H36ClF8N5O8S. The van der Waals surface area contributed by atoms with E-state index in [1.165, 1.54) is 21.7 Å². The normalized spacial score (nSPS) is 17.3. The first-order valence-electron chi connectivity index (χ1n) is 15.0. The molecule has 13 nitrogen and oxygen atoms in total. The number of carboxylic acids is 1. The minimum Gasteiger partial charge on any atom is -0.475 e. The van der Waals surface area contributed by atoms with Crippen molar-refractivity contribution in [3.63, 3.8) is 0 Å². The number of alkyl halides is 8. The molecular weight excluding hydrogens is 766 g/mol. The van der Waals surface area contributed by atoms with Crippen molar-refractivity contribution in [3.05, 3.63) is 34.5 Å². The lowest BCUT2D eigenvalue weighted by Crippen LogP contribution is -2.53. The molecule has 1 fully saturated rings. The number of carbonyl (C=O) groups excluding carboxylic acids is 2. The van der Waals surface area contributed by atoms with Crippen LogP contribution in [0.2, 0.25) is 5.02 Å². The number of nitrogens with zero attached hydrogens (tertiary/aromatic N) is 3. The van der Waals surface area contributed by atoms with E-state index in [0.29, 0.717) is 6.42 Å². The average Bonchev–Trinajstić information content (AvgIpc) is 3.34. The highest BCUT2D eigenvalue weighted by molar-refractivity contribution is 7.91. The minimum absolute atomic E-state index is 0.00684. The van der Waals surface area contributed by atoms with Crippen LogP contribution in [0.5, 0.6) is 5.75 Å². The number of sulfone groups is 1. The summed E-state index contributed by atoms with van der Waals surface area (Å²) in [6, 6.07) is 3.21. The highest BCUT2D eigenvalue weighted by atomic mass is 35.5. The smallest absolute Gasteiger partial charge is 0.475 e. The number of carbonyl (C=O) groups is 3. The number of hydrogen-bond acceptors (Lipinski definition) is 10. The van der Waals surface area contributed by atoms with Gasteiger partial charge >= 0.3 is 30.9 Å². The van der Waals surface area contributed by atoms with Gasteiger partial charge in [0, 0.05) is 37.5 Å². The summed E-state index contributed by atoms with van der Waals surface area (Å²) >= 11 is 6.57. The van der Waals surface area contributed by atoms with Crippen LogP contribution >= 0.6 is 11.6 Å². The summed E-state index contributed by atoms with van der Waals surface area (Å²) in [5, 5.41) is 13.1. The molecule has 1 aromatic heterocycles. The molecule has 2 atom stereocenters. The Hall–Kier alpha value is -3.76. The second-order valence-corrected chi connectivity index (χ2v) is 14.9. The van der Waals surface area contributed by atoms with E-state index in [1.54, 1.807) is 6.92 Å². The SMILES string of the molecule is CCn1nc(C(=O)NC[C@H]2CC[C@H](S(C)(=O)=O)CN2CC(=O)ON)c(Cl)c1-c1ccc(CC(C)(C)C(F)(F)F)cc1OC(F)F.O=C(O)C(F)(F)F. The Balaban J connectivity index is 0.00000121. The van der Waals surface area contributed by atoms with Gasteiger partial charge < -0.3 is 20.0 Å². The number of aliphatic carboxylic acids is 1. The Kier molecular flexibility index (Phi) is 14.8. The van der Waals surface area contributed by atoms with E-state index in [-0.39, 0.29) is 60.1 Å². The highest BCUT2D eigenvalue weighted by Crippen LogP contribution is 2.43. The van der Waals surface area contributed by atoms with Crippen molar-refractivity contribution in [1.82, 2.24) is 20.0 Å². The average molecular weight is 802 g/mol. The van der Waals surface area contributed by atoms with Crippen LogP contribution < -0.4 is 16.0 Å². The number of nitrogens with two attached hydrogens (primary N) is 1. The molecule has 294 valence electrons. The van der Waals surface area contributed by atoms with E-state index in [9.17, 15) is 53.1 Å². The van der Waals surface area contributed by atoms with Crippen molar-refractivity contribution >= 4 is 39.3 Å². The molecule has 0 unspecified atom stereocenters. The maximum absolute atomic E-state index is 13.5. The number of halogens is 9. The fourth-order valence-corrected chi connectivity index (χ4v) is 6.43. The fraction of sp³-hybridized carbons (Fsp3) is 0.586. The van der Waals surface area contributed by atoms with E-state index in [4.69, 9.17) is 27.4 Å². The number of aryl methyl sites for hydroxylation is 1. The quantitative estimate of drug-likeness (QED) is 0.201. The third kappa shape index (κ3) is 11.9. The van der Waals surface area contributed by atoms with Crippen LogP contribution in [-0.4, -0.2) is 102 Å². The number of piperidine rings is 1. The largest absolute Gasteiger partial charge is 0.490 e. The van der Waals surface area contributed by atoms with Crippen molar-refractivity contribution in [2.45, 2.75) is 76.8 Å². The van der Waals surface area contributed by atoms with Gasteiger partial charge in [-0.1, -0.05) is 31.5 Å². The summed E-state index contributed by atoms with van der Waals surface area (Å²) in [4.78, 5) is 39.8. The number of aromatic nitrogens is 2. The van der Waals surface area contributed by atoms with Gasteiger partial charge in [0.25, 0.3) is 5.91 Å². The van der Waals surface area contributed by atoms with Crippen LogP contribution in [0.15, 0.2) is 18.2 Å². The minimum atomic E-state index is -5.08. The van der Waals surface area contributed by atoms with E-state index in [2.05, 4.69) is 20.0 Å². The van der Waals surface area contributed by atoms with E-state index in [0.717, 1.165) is 26.2 Å². The third-order valence-corrected chi connectivity index (χ3v) is 9.88. The Morgan fingerprint density at radius 2 is 1.73 bits per heavy atom. The number of likely N-dealkylation sites (tertiary alicyclic amines) is 1. The molecule has 0 aliphatic carbocycles. The molecule has 0 bridgehead atoms. The van der Waals surface area contributed by atoms with Crippen LogP contribution in [0.3, 0.4) is 0 Å². The van der Waals surface area contributed by atoms with E-state index < -0.39 is 75.5 Å². The maximum Gasteiger partial charge on any atom is 0.490 e. The first kappa shape index (κ1) is 44.4. The predicted molar refractivity (Wildman–Crippen MR) is 168 cm³/mol. The van der Waals surface area contributed by atoms with E-state index >= 15 is 0 Å². The Labute approximate surface area is 297 Å². The van der Waals surface area contributed by atoms with Crippen LogP contribution in [0.1, 0.15) is 49.7 Å². The third-order valence-electron chi connectivity index (χ3n) is 7.93. The van der Waals surface area contributed by atoms with Gasteiger partial charge in [0.05, 0.1) is 27.9 Å². The molecule has 2 heterocycles. The molecule has 1 aliphatic rings. The Morgan fingerprint density at radius 3 is 2.21 bits per heavy atom. The Bertz CT molecular complexity index is 1700. The number of ether oxygens (including phenoxy) is 1. The van der Waals surface area contributed by atoms with Crippen molar-refractivity contribution in [2.24, 2.45) is 11.3 Å². The van der Waals surface area contributed by atoms with E-state index in [1.807, 2.05) is 0 Å². The number of hydrogen-bond donors (Lipinski definition) is 3. The molecule has 3 rings (SSSR count). The molecule has 1 aromatic carbocycles. The van der Waals surface area contributed by atoms with Gasteiger partial charge in [-0.25, -0.2) is 18.0 Å². The number of nitrogens with one attached hydrogen (secondary N) is 1. The molecule has 0 radical (unpaired) electrons. The Morgan fingerprint density at radius 1 is 1.13 bits per heavy atom. The van der Waals surface area contributed by atoms with Crippen molar-refractivity contribution < 1.29 is 72.6 Å².